The van der Waals surface area contributed by atoms with E-state index in [9.17, 15) is 0 Å². The van der Waals surface area contributed by atoms with E-state index in [2.05, 4.69) is 75.9 Å². The van der Waals surface area contributed by atoms with Crippen molar-refractivity contribution in [3.63, 3.8) is 0 Å². The van der Waals surface area contributed by atoms with Gasteiger partial charge in [-0.3, -0.25) is 0 Å². The lowest BCUT2D eigenvalue weighted by molar-refractivity contribution is -0.154. The first-order valence-electron chi connectivity index (χ1n) is 9.16. The molecule has 0 aromatic heterocycles. The minimum absolute atomic E-state index is 0.0891. The second kappa shape index (κ2) is 10.5. The van der Waals surface area contributed by atoms with Crippen LogP contribution < -0.4 is 0 Å². The summed E-state index contributed by atoms with van der Waals surface area (Å²) < 4.78 is 11.0. The first-order chi connectivity index (χ1) is 11.8. The molecule has 0 bridgehead atoms. The predicted molar refractivity (Wildman–Crippen MR) is 108 cm³/mol. The molecule has 0 aromatic carbocycles. The van der Waals surface area contributed by atoms with Crippen LogP contribution >= 0.6 is 0 Å². The monoisotopic (exact) mass is 356 g/mol. The van der Waals surface area contributed by atoms with Crippen molar-refractivity contribution in [1.82, 2.24) is 0 Å². The summed E-state index contributed by atoms with van der Waals surface area (Å²) in [5.74, 6) is 15.2. The molecule has 2 nitrogen and oxygen atoms in total. The van der Waals surface area contributed by atoms with E-state index < -0.39 is 8.07 Å². The zero-order valence-electron chi connectivity index (χ0n) is 16.7. The quantitative estimate of drug-likeness (QED) is 0.533. The molecule has 25 heavy (non-hydrogen) atoms. The Bertz CT molecular complexity index is 618. The summed E-state index contributed by atoms with van der Waals surface area (Å²) in [6.45, 7) is 15.0. The highest BCUT2D eigenvalue weighted by atomic mass is 28.3. The summed E-state index contributed by atoms with van der Waals surface area (Å²) >= 11 is 0. The van der Waals surface area contributed by atoms with E-state index in [0.29, 0.717) is 12.5 Å². The maximum atomic E-state index is 5.52. The molecule has 1 heterocycles. The first kappa shape index (κ1) is 21.6. The normalized spacial score (nSPS) is 18.0. The van der Waals surface area contributed by atoms with Crippen molar-refractivity contribution >= 4 is 8.07 Å². The summed E-state index contributed by atoms with van der Waals surface area (Å²) in [6.07, 6.45) is 6.75. The average Bonchev–Trinajstić information content (AvgIpc) is 2.57. The topological polar surface area (TPSA) is 18.5 Å². The summed E-state index contributed by atoms with van der Waals surface area (Å²) in [5.41, 5.74) is 3.49. The second-order valence-electron chi connectivity index (χ2n) is 7.78. The van der Waals surface area contributed by atoms with Crippen molar-refractivity contribution in [1.29, 1.82) is 0 Å². The van der Waals surface area contributed by atoms with Gasteiger partial charge in [-0.2, -0.15) is 0 Å². The van der Waals surface area contributed by atoms with Crippen molar-refractivity contribution in [2.75, 3.05) is 13.2 Å². The van der Waals surface area contributed by atoms with Crippen LogP contribution in [0.4, 0.5) is 0 Å². The zero-order chi connectivity index (χ0) is 18.8. The van der Waals surface area contributed by atoms with Crippen LogP contribution in [0.15, 0.2) is 12.2 Å². The minimum atomic E-state index is -1.61. The molecule has 1 saturated heterocycles. The van der Waals surface area contributed by atoms with Crippen LogP contribution in [0.2, 0.25) is 18.1 Å². The molecule has 1 fully saturated rings. The van der Waals surface area contributed by atoms with E-state index in [4.69, 9.17) is 9.47 Å². The average molecular weight is 357 g/mol. The third-order valence-corrected chi connectivity index (χ3v) is 9.96. The SMILES string of the molecule is CC(C)C(C)(C)[Si](C)(C)C#C/C=C\C#CC#CCOC1CCCCO1. The number of rotatable bonds is 4. The third kappa shape index (κ3) is 7.54. The van der Waals surface area contributed by atoms with E-state index >= 15 is 0 Å². The van der Waals surface area contributed by atoms with Gasteiger partial charge in [-0.05, 0) is 54.2 Å². The molecule has 0 saturated carbocycles. The highest BCUT2D eigenvalue weighted by molar-refractivity contribution is 6.87. The van der Waals surface area contributed by atoms with Crippen LogP contribution in [0.1, 0.15) is 47.0 Å². The minimum Gasteiger partial charge on any atom is -0.353 e. The van der Waals surface area contributed by atoms with E-state index in [1.165, 1.54) is 0 Å². The molecular formula is C22H32O2Si. The molecule has 0 aromatic rings. The number of hydrogen-bond donors (Lipinski definition) is 0. The second-order valence-corrected chi connectivity index (χ2v) is 12.6. The van der Waals surface area contributed by atoms with E-state index in [1.54, 1.807) is 6.08 Å². The zero-order valence-corrected chi connectivity index (χ0v) is 17.7. The summed E-state index contributed by atoms with van der Waals surface area (Å²) in [6, 6.07) is 0. The molecule has 1 rings (SSSR count). The lowest BCUT2D eigenvalue weighted by atomic mass is 9.99. The number of ether oxygens (including phenoxy) is 2. The molecule has 3 heteroatoms. The van der Waals surface area contributed by atoms with Crippen LogP contribution in [-0.2, 0) is 9.47 Å². The first-order valence-corrected chi connectivity index (χ1v) is 12.2. The molecule has 1 aliphatic rings. The van der Waals surface area contributed by atoms with Crippen LogP contribution in [0.3, 0.4) is 0 Å². The maximum absolute atomic E-state index is 5.52. The largest absolute Gasteiger partial charge is 0.353 e. The Balaban J connectivity index is 2.40. The van der Waals surface area contributed by atoms with E-state index in [-0.39, 0.29) is 11.3 Å². The molecule has 1 unspecified atom stereocenters. The van der Waals surface area contributed by atoms with Gasteiger partial charge in [0.15, 0.2) is 6.29 Å². The smallest absolute Gasteiger partial charge is 0.158 e. The van der Waals surface area contributed by atoms with Gasteiger partial charge < -0.3 is 9.47 Å². The van der Waals surface area contributed by atoms with E-state index in [1.807, 2.05) is 6.08 Å². The summed E-state index contributed by atoms with van der Waals surface area (Å²) in [4.78, 5) is 0. The Hall–Kier alpha value is -1.44. The number of allylic oxidation sites excluding steroid dienone is 2. The lowest BCUT2D eigenvalue weighted by Gasteiger charge is -2.39. The van der Waals surface area contributed by atoms with Crippen molar-refractivity contribution in [3.8, 4) is 35.1 Å². The third-order valence-electron chi connectivity index (χ3n) is 5.39. The van der Waals surface area contributed by atoms with Gasteiger partial charge in [0.1, 0.15) is 14.7 Å². The fourth-order valence-corrected chi connectivity index (χ4v) is 4.53. The maximum Gasteiger partial charge on any atom is 0.158 e. The molecule has 1 atom stereocenters. The fraction of sp³-hybridized carbons (Fsp3) is 0.636. The van der Waals surface area contributed by atoms with Crippen LogP contribution in [0, 0.1) is 41.1 Å². The van der Waals surface area contributed by atoms with Gasteiger partial charge in [0.2, 0.25) is 0 Å². The summed E-state index contributed by atoms with van der Waals surface area (Å²) in [7, 11) is -1.61. The molecule has 136 valence electrons. The Labute approximate surface area is 155 Å². The molecule has 0 radical (unpaired) electrons. The summed E-state index contributed by atoms with van der Waals surface area (Å²) in [5, 5.41) is 0.285. The van der Waals surface area contributed by atoms with Gasteiger partial charge in [-0.15, -0.1) is 5.54 Å². The standard InChI is InChI=1S/C22H32O2Si/c1-20(2)22(3,4)25(5,6)19-15-11-9-7-8-10-13-17-23-21-16-12-14-18-24-21/h9,11,20-21H,12,14,16-18H2,1-6H3/b11-9-. The molecule has 1 aliphatic heterocycles. The Morgan fingerprint density at radius 3 is 2.52 bits per heavy atom. The van der Waals surface area contributed by atoms with Gasteiger partial charge in [-0.25, -0.2) is 0 Å². The van der Waals surface area contributed by atoms with Gasteiger partial charge >= 0.3 is 0 Å². The highest BCUT2D eigenvalue weighted by Crippen LogP contribution is 2.43. The van der Waals surface area contributed by atoms with Gasteiger partial charge in [-0.1, -0.05) is 58.6 Å². The lowest BCUT2D eigenvalue weighted by Crippen LogP contribution is -2.41. The molecule has 0 spiro atoms. The van der Waals surface area contributed by atoms with Crippen LogP contribution in [-0.4, -0.2) is 27.6 Å². The Morgan fingerprint density at radius 2 is 1.88 bits per heavy atom. The van der Waals surface area contributed by atoms with Crippen molar-refractivity contribution in [2.24, 2.45) is 5.92 Å². The van der Waals surface area contributed by atoms with Gasteiger partial charge in [0, 0.05) is 6.61 Å². The number of hydrogen-bond acceptors (Lipinski definition) is 2. The molecule has 0 N–H and O–H groups in total. The molecule has 0 amide bonds. The fourth-order valence-electron chi connectivity index (χ4n) is 2.32. The van der Waals surface area contributed by atoms with Crippen molar-refractivity contribution in [2.45, 2.75) is 71.4 Å². The van der Waals surface area contributed by atoms with Crippen LogP contribution in [0.25, 0.3) is 0 Å². The highest BCUT2D eigenvalue weighted by Gasteiger charge is 2.40. The molecule has 0 aliphatic carbocycles. The Morgan fingerprint density at radius 1 is 1.16 bits per heavy atom. The van der Waals surface area contributed by atoms with Crippen molar-refractivity contribution in [3.05, 3.63) is 12.2 Å². The van der Waals surface area contributed by atoms with Crippen molar-refractivity contribution < 1.29 is 9.47 Å². The van der Waals surface area contributed by atoms with Gasteiger partial charge in [0.05, 0.1) is 0 Å². The predicted octanol–water partition coefficient (Wildman–Crippen LogP) is 4.78. The molecular weight excluding hydrogens is 324 g/mol. The Kier molecular flexibility index (Phi) is 9.09. The van der Waals surface area contributed by atoms with E-state index in [0.717, 1.165) is 25.9 Å². The van der Waals surface area contributed by atoms with Crippen LogP contribution in [0.5, 0.6) is 0 Å². The van der Waals surface area contributed by atoms with Gasteiger partial charge in [0.25, 0.3) is 0 Å².